The molecule has 0 aliphatic rings. The molecule has 2 N–H and O–H groups in total. The van der Waals surface area contributed by atoms with Crippen LogP contribution in [0.4, 0.5) is 0 Å². The first-order chi connectivity index (χ1) is 36.3. The summed E-state index contributed by atoms with van der Waals surface area (Å²) < 4.78 is 28.4. The Kier molecular flexibility index (Phi) is 27.8. The van der Waals surface area contributed by atoms with Crippen molar-refractivity contribution in [3.63, 3.8) is 0 Å². The molecule has 6 heterocycles. The molecule has 0 saturated carbocycles. The van der Waals surface area contributed by atoms with Crippen molar-refractivity contribution in [3.8, 4) is 44.5 Å². The summed E-state index contributed by atoms with van der Waals surface area (Å²) in [6, 6.07) is 45.8. The van der Waals surface area contributed by atoms with E-state index >= 15 is 0 Å². The number of aromatic amines is 2. The number of nitrogens with one attached hydrogen (secondary N) is 2. The van der Waals surface area contributed by atoms with Gasteiger partial charge in [-0.15, -0.1) is 28.8 Å². The van der Waals surface area contributed by atoms with Crippen LogP contribution in [-0.2, 0) is 4.57 Å². The van der Waals surface area contributed by atoms with E-state index in [-0.39, 0.29) is 62.0 Å². The highest BCUT2D eigenvalue weighted by atomic mass is 127. The lowest BCUT2D eigenvalue weighted by Crippen LogP contribution is -1.80. The topological polar surface area (TPSA) is 152 Å². The molecule has 0 spiro atoms. The van der Waals surface area contributed by atoms with Gasteiger partial charge in [-0.2, -0.15) is 9.06 Å². The van der Waals surface area contributed by atoms with Crippen LogP contribution < -0.4 is 0 Å². The van der Waals surface area contributed by atoms with Crippen LogP contribution in [0.3, 0.4) is 0 Å². The smallest absolute Gasteiger partial charge is 0.227 e. The van der Waals surface area contributed by atoms with Crippen molar-refractivity contribution in [3.05, 3.63) is 167 Å². The molecule has 80 heavy (non-hydrogen) atoms. The number of aromatic nitrogens is 8. The zero-order valence-corrected chi connectivity index (χ0v) is 47.7. The number of hydrogen-bond acceptors (Lipinski definition) is 11. The predicted octanol–water partition coefficient (Wildman–Crippen LogP) is 20.1. The lowest BCUT2D eigenvalue weighted by molar-refractivity contribution is 0.560. The third kappa shape index (κ3) is 17.1. The zero-order chi connectivity index (χ0) is 53.2. The van der Waals surface area contributed by atoms with Gasteiger partial charge in [-0.25, -0.2) is 29.9 Å². The van der Waals surface area contributed by atoms with Crippen molar-refractivity contribution in [2.75, 3.05) is 0 Å². The van der Waals surface area contributed by atoms with E-state index in [9.17, 15) is 0 Å². The van der Waals surface area contributed by atoms with Crippen molar-refractivity contribution in [2.24, 2.45) is 0 Å². The molecule has 0 amide bonds. The lowest BCUT2D eigenvalue weighted by atomic mass is 10.0. The fourth-order valence-corrected chi connectivity index (χ4v) is 9.75. The maximum atomic E-state index is 8.68. The number of hydrogen-bond donors (Lipinski definition) is 2. The number of rotatable bonds is 4. The first kappa shape index (κ1) is 68.4. The van der Waals surface area contributed by atoms with Gasteiger partial charge in [-0.3, -0.25) is 4.57 Å². The maximum absolute atomic E-state index is 8.68. The summed E-state index contributed by atoms with van der Waals surface area (Å²) in [7, 11) is 13.2. The molecule has 6 radical (unpaired) electrons. The van der Waals surface area contributed by atoms with Crippen molar-refractivity contribution in [1.82, 2.24) is 39.9 Å². The Bertz CT molecular complexity index is 3780. The third-order valence-corrected chi connectivity index (χ3v) is 13.3. The molecule has 11 nitrogen and oxygen atoms in total. The van der Waals surface area contributed by atoms with Crippen molar-refractivity contribution < 1.29 is 13.4 Å². The van der Waals surface area contributed by atoms with Gasteiger partial charge in [0.1, 0.15) is 35.3 Å². The Hall–Kier alpha value is -5.92. The fourth-order valence-electron chi connectivity index (χ4n) is 7.92. The SMILES string of the molecule is C.C.C.C.C.C.Cc1ccc(-c2nc3cc4nc(C)oc4cc3o2)cc1.Cc1ccc(-c2nc3cc4sc(C)nc4cc3s2)cc1.Cc1ccc(-c2nc3ccc(-c4ccc5nc(C)[nH]c5c4)cc3[nH]2)cc1.[3H]P[B].[B]P=O.[B]PI. The molecule has 0 saturated heterocycles. The van der Waals surface area contributed by atoms with Crippen molar-refractivity contribution in [1.29, 1.82) is 1.28 Å². The largest absolute Gasteiger partial charge is 0.441 e. The number of fused-ring (bicyclic) bond motifs is 6. The second kappa shape index (κ2) is 32.5. The van der Waals surface area contributed by atoms with E-state index in [4.69, 9.17) is 32.2 Å². The normalized spacial score (nSPS) is 10.5. The predicted molar refractivity (Wildman–Crippen MR) is 368 cm³/mol. The number of imidazole rings is 2. The number of benzene rings is 7. The quantitative estimate of drug-likeness (QED) is 0.0996. The van der Waals surface area contributed by atoms with Crippen LogP contribution in [0, 0.1) is 41.5 Å². The first-order valence-corrected chi connectivity index (χ1v) is 30.1. The molecule has 0 aliphatic heterocycles. The van der Waals surface area contributed by atoms with E-state index in [1.807, 2.05) is 57.2 Å². The number of oxazole rings is 2. The summed E-state index contributed by atoms with van der Waals surface area (Å²) in [6.07, 6.45) is 0.553. The molecule has 7 aromatic carbocycles. The van der Waals surface area contributed by atoms with E-state index in [0.29, 0.717) is 23.5 Å². The van der Waals surface area contributed by atoms with Crippen LogP contribution in [0.5, 0.6) is 0 Å². The molecule has 0 bridgehead atoms. The number of thiazole rings is 2. The van der Waals surface area contributed by atoms with Gasteiger partial charge in [0.15, 0.2) is 17.1 Å². The van der Waals surface area contributed by atoms with Gasteiger partial charge >= 0.3 is 0 Å². The molecule has 410 valence electrons. The summed E-state index contributed by atoms with van der Waals surface area (Å²) >= 11 is 5.56. The highest BCUT2D eigenvalue weighted by molar-refractivity contribution is 14.2. The second-order valence-electron chi connectivity index (χ2n) is 16.8. The molecule has 2 atom stereocenters. The second-order valence-corrected chi connectivity index (χ2v) is 21.3. The molecular weight excluding hydrogens is 1200 g/mol. The molecule has 6 aromatic heterocycles. The Morgan fingerprint density at radius 2 is 0.988 bits per heavy atom. The van der Waals surface area contributed by atoms with Gasteiger partial charge in [0.05, 0.1) is 63.4 Å². The van der Waals surface area contributed by atoms with Gasteiger partial charge in [0.25, 0.3) is 0 Å². The maximum Gasteiger partial charge on any atom is 0.227 e. The molecule has 2 unspecified atom stereocenters. The Morgan fingerprint density at radius 1 is 0.537 bits per heavy atom. The monoisotopic (exact) mass is 1270 g/mol. The van der Waals surface area contributed by atoms with Crippen LogP contribution in [0.1, 0.15) is 78.0 Å². The summed E-state index contributed by atoms with van der Waals surface area (Å²) in [5.41, 5.74) is 18.6. The molecule has 0 fully saturated rings. The van der Waals surface area contributed by atoms with Crippen molar-refractivity contribution in [2.45, 2.75) is 86.1 Å². The van der Waals surface area contributed by atoms with E-state index in [1.54, 1.807) is 22.7 Å². The molecule has 13 aromatic rings. The average molecular weight is 1270 g/mol. The van der Waals surface area contributed by atoms with Gasteiger partial charge in [-0.1, -0.05) is 156 Å². The van der Waals surface area contributed by atoms with Crippen LogP contribution in [-0.4, -0.2) is 63.8 Å². The standard InChI is InChI=1S/C22H18N4.C16H12N2O2.C16H12N2S2.6CH4.BHIP.BOP.BH2P/c1-13-3-5-15(6-4-13)22-25-19-10-8-17(12-21(19)26-22)16-7-9-18-20(11-16)24-14(2)23-18;1-9-3-5-11(6-4-9)16-18-13-7-12-14(8-15(13)20-16)19-10(2)17-12;1-9-3-5-11(6-4-9)16-18-13-8-14-12(7-15(13)20-16)17-10(2)19-14;;;;;;;2*1-3-2;1-2/h3-12H,1-2H3,(H,23,24)(H,25,26);2*3-8H,1-2H3;6*1H4;3H;;2H2/i;;;;;;;;;;;2T. The fraction of sp³-hybridized carbons (Fsp3) is 0.200. The van der Waals surface area contributed by atoms with Crippen molar-refractivity contribution >= 4 is 156 Å². The van der Waals surface area contributed by atoms with Gasteiger partial charge < -0.3 is 18.8 Å². The summed E-state index contributed by atoms with van der Waals surface area (Å²) in [6.45, 7) is 12.1. The number of aryl methyl sites for hydroxylation is 6. The van der Waals surface area contributed by atoms with E-state index in [1.165, 1.54) is 31.7 Å². The van der Waals surface area contributed by atoms with E-state index in [0.717, 1.165) is 93.6 Å². The summed E-state index contributed by atoms with van der Waals surface area (Å²) in [5.74, 6) is 3.09. The summed E-state index contributed by atoms with van der Waals surface area (Å²) in [4.78, 5) is 34.1. The van der Waals surface area contributed by atoms with Gasteiger partial charge in [-0.05, 0) is 100 Å². The van der Waals surface area contributed by atoms with Gasteiger partial charge in [0, 0.05) is 31.0 Å². The molecule has 0 aliphatic carbocycles. The lowest BCUT2D eigenvalue weighted by Gasteiger charge is -2.01. The Morgan fingerprint density at radius 3 is 1.55 bits per heavy atom. The zero-order valence-electron chi connectivity index (χ0n) is 42.0. The van der Waals surface area contributed by atoms with Crippen LogP contribution in [0.15, 0.2) is 142 Å². The number of halogens is 1. The third-order valence-electron chi connectivity index (χ3n) is 11.3. The average Bonchev–Trinajstić information content (AvgIpc) is 4.47. The minimum absolute atomic E-state index is 0. The van der Waals surface area contributed by atoms with E-state index < -0.39 is 0 Å². The number of nitrogens with zero attached hydrogens (tertiary/aromatic N) is 6. The Balaban J connectivity index is 0.000000376. The van der Waals surface area contributed by atoms with Crippen LogP contribution in [0.2, 0.25) is 0 Å². The first-order valence-electron chi connectivity index (χ1n) is 23.3. The van der Waals surface area contributed by atoms with E-state index in [2.05, 4.69) is 185 Å². The van der Waals surface area contributed by atoms with Crippen LogP contribution >= 0.6 is 68.2 Å². The van der Waals surface area contributed by atoms with Gasteiger partial charge in [0.2, 0.25) is 13.5 Å². The summed E-state index contributed by atoms with van der Waals surface area (Å²) in [5, 5.41) is 2.19. The Labute approximate surface area is 503 Å². The minimum atomic E-state index is -0.333. The minimum Gasteiger partial charge on any atom is -0.441 e. The molecule has 20 heteroatoms. The highest BCUT2D eigenvalue weighted by Crippen LogP contribution is 2.35. The van der Waals surface area contributed by atoms with Crippen LogP contribution in [0.25, 0.3) is 109 Å². The highest BCUT2D eigenvalue weighted by Gasteiger charge is 2.14. The molecule has 13 rings (SSSR count). The molecular formula is C60H69B3IN8O3P3S2. The number of H-pyrrole nitrogens is 2.